The molecule has 2 aromatic rings. The van der Waals surface area contributed by atoms with E-state index in [1.165, 1.54) is 0 Å². The average Bonchev–Trinajstić information content (AvgIpc) is 2.88. The lowest BCUT2D eigenvalue weighted by Gasteiger charge is -2.17. The molecule has 0 bridgehead atoms. The number of nitrogens with zero attached hydrogens (tertiary/aromatic N) is 1. The van der Waals surface area contributed by atoms with Crippen molar-refractivity contribution in [2.24, 2.45) is 0 Å². The van der Waals surface area contributed by atoms with Gasteiger partial charge in [0.25, 0.3) is 0 Å². The number of carbonyl (C=O) groups excluding carboxylic acids is 2. The second-order valence-electron chi connectivity index (χ2n) is 4.53. The van der Waals surface area contributed by atoms with E-state index in [0.717, 1.165) is 17.0 Å². The fourth-order valence-corrected chi connectivity index (χ4v) is 2.21. The number of hydrogen-bond acceptors (Lipinski definition) is 4. The maximum atomic E-state index is 11.3. The molecule has 1 aromatic carbocycles. The Morgan fingerprint density at radius 1 is 1.11 bits per heavy atom. The van der Waals surface area contributed by atoms with E-state index in [1.807, 2.05) is 36.4 Å². The Bertz CT molecular complexity index is 603. The number of carbonyl (C=O) groups is 2. The minimum Gasteiger partial charge on any atom is -0.393 e. The van der Waals surface area contributed by atoms with Crippen molar-refractivity contribution in [3.63, 3.8) is 0 Å². The Morgan fingerprint density at radius 2 is 1.79 bits per heavy atom. The highest BCUT2D eigenvalue weighted by molar-refractivity contribution is 5.89. The monoisotopic (exact) mass is 256 g/mol. The van der Waals surface area contributed by atoms with Crippen molar-refractivity contribution in [3.8, 4) is 11.3 Å². The van der Waals surface area contributed by atoms with Crippen LogP contribution in [-0.2, 0) is 14.3 Å². The smallest absolute Gasteiger partial charge is 0.314 e. The largest absolute Gasteiger partial charge is 0.393 e. The second-order valence-corrected chi connectivity index (χ2v) is 4.53. The highest BCUT2D eigenvalue weighted by Crippen LogP contribution is 2.29. The number of ether oxygens (including phenoxy) is 1. The van der Waals surface area contributed by atoms with Gasteiger partial charge in [0.05, 0.1) is 18.5 Å². The number of rotatable bonds is 2. The van der Waals surface area contributed by atoms with Crippen LogP contribution in [0.15, 0.2) is 36.4 Å². The van der Waals surface area contributed by atoms with Gasteiger partial charge in [-0.05, 0) is 6.07 Å². The molecule has 19 heavy (non-hydrogen) atoms. The van der Waals surface area contributed by atoms with E-state index in [1.54, 1.807) is 0 Å². The summed E-state index contributed by atoms with van der Waals surface area (Å²) < 4.78 is 4.52. The van der Waals surface area contributed by atoms with Gasteiger partial charge in [0.15, 0.2) is 0 Å². The Labute approximate surface area is 109 Å². The van der Waals surface area contributed by atoms with Crippen LogP contribution in [0.3, 0.4) is 0 Å². The lowest BCUT2D eigenvalue weighted by Crippen LogP contribution is -2.24. The highest BCUT2D eigenvalue weighted by Gasteiger charge is 2.29. The van der Waals surface area contributed by atoms with Crippen LogP contribution in [-0.4, -0.2) is 22.1 Å². The van der Waals surface area contributed by atoms with E-state index in [-0.39, 0.29) is 18.8 Å². The number of cyclic esters (lactones) is 2. The van der Waals surface area contributed by atoms with Crippen molar-refractivity contribution in [2.45, 2.75) is 18.8 Å². The fraction of sp³-hybridized carbons (Fsp3) is 0.214. The molecule has 0 radical (unpaired) electrons. The molecule has 1 aromatic heterocycles. The predicted octanol–water partition coefficient (Wildman–Crippen LogP) is 2.02. The van der Waals surface area contributed by atoms with Crippen molar-refractivity contribution in [2.75, 3.05) is 0 Å². The summed E-state index contributed by atoms with van der Waals surface area (Å²) >= 11 is 0. The molecule has 5 nitrogen and oxygen atoms in total. The molecule has 3 rings (SSSR count). The summed E-state index contributed by atoms with van der Waals surface area (Å²) in [4.78, 5) is 22.5. The van der Waals surface area contributed by atoms with Gasteiger partial charge in [-0.3, -0.25) is 14.7 Å². The van der Waals surface area contributed by atoms with Crippen LogP contribution in [0.1, 0.15) is 24.5 Å². The van der Waals surface area contributed by atoms with E-state index in [9.17, 15) is 9.59 Å². The van der Waals surface area contributed by atoms with Gasteiger partial charge in [-0.1, -0.05) is 30.3 Å². The third kappa shape index (κ3) is 2.40. The van der Waals surface area contributed by atoms with Gasteiger partial charge in [0.1, 0.15) is 0 Å². The van der Waals surface area contributed by atoms with E-state index in [4.69, 9.17) is 0 Å². The zero-order chi connectivity index (χ0) is 13.2. The normalized spacial score (nSPS) is 16.4. The minimum absolute atomic E-state index is 0.168. The Kier molecular flexibility index (Phi) is 2.87. The van der Waals surface area contributed by atoms with Crippen molar-refractivity contribution in [1.82, 2.24) is 10.2 Å². The van der Waals surface area contributed by atoms with Crippen molar-refractivity contribution in [1.29, 1.82) is 0 Å². The molecule has 0 amide bonds. The van der Waals surface area contributed by atoms with Crippen molar-refractivity contribution < 1.29 is 14.3 Å². The lowest BCUT2D eigenvalue weighted by atomic mass is 9.95. The van der Waals surface area contributed by atoms with Crippen LogP contribution < -0.4 is 0 Å². The highest BCUT2D eigenvalue weighted by atomic mass is 16.6. The molecule has 2 heterocycles. The molecule has 0 spiro atoms. The fourth-order valence-electron chi connectivity index (χ4n) is 2.21. The molecular formula is C14H12N2O3. The molecule has 0 aliphatic carbocycles. The molecule has 5 heteroatoms. The topological polar surface area (TPSA) is 72.0 Å². The molecule has 1 N–H and O–H groups in total. The van der Waals surface area contributed by atoms with Gasteiger partial charge in [0, 0.05) is 17.2 Å². The van der Waals surface area contributed by atoms with Crippen LogP contribution in [0.25, 0.3) is 11.3 Å². The second kappa shape index (κ2) is 4.68. The number of H-pyrrole nitrogens is 1. The summed E-state index contributed by atoms with van der Waals surface area (Å²) in [5.74, 6) is -1.12. The number of aromatic amines is 1. The first-order chi connectivity index (χ1) is 9.22. The molecule has 96 valence electrons. The summed E-state index contributed by atoms with van der Waals surface area (Å²) in [7, 11) is 0. The van der Waals surface area contributed by atoms with Crippen LogP contribution in [0.4, 0.5) is 0 Å². The minimum atomic E-state index is -0.475. The number of aromatic nitrogens is 2. The summed E-state index contributed by atoms with van der Waals surface area (Å²) in [5.41, 5.74) is 2.60. The Balaban J connectivity index is 1.85. The van der Waals surface area contributed by atoms with Crippen molar-refractivity contribution >= 4 is 11.9 Å². The molecule has 0 unspecified atom stereocenters. The summed E-state index contributed by atoms with van der Waals surface area (Å²) in [6, 6.07) is 11.6. The van der Waals surface area contributed by atoms with Crippen LogP contribution in [0, 0.1) is 0 Å². The zero-order valence-corrected chi connectivity index (χ0v) is 10.1. The first-order valence-corrected chi connectivity index (χ1v) is 6.06. The maximum Gasteiger partial charge on any atom is 0.314 e. The van der Waals surface area contributed by atoms with Crippen LogP contribution >= 0.6 is 0 Å². The predicted molar refractivity (Wildman–Crippen MR) is 67.1 cm³/mol. The van der Waals surface area contributed by atoms with E-state index < -0.39 is 11.9 Å². The molecule has 1 aliphatic rings. The van der Waals surface area contributed by atoms with Crippen LogP contribution in [0.5, 0.6) is 0 Å². The first kappa shape index (κ1) is 11.6. The first-order valence-electron chi connectivity index (χ1n) is 6.06. The summed E-state index contributed by atoms with van der Waals surface area (Å²) in [6.45, 7) is 0. The van der Waals surface area contributed by atoms with E-state index in [0.29, 0.717) is 0 Å². The van der Waals surface area contributed by atoms with Gasteiger partial charge in [-0.15, -0.1) is 0 Å². The SMILES string of the molecule is O=C1CC(c2cc(-c3ccccc3)n[nH]2)CC(=O)O1. The van der Waals surface area contributed by atoms with Crippen molar-refractivity contribution in [3.05, 3.63) is 42.1 Å². The molecule has 1 fully saturated rings. The Morgan fingerprint density at radius 3 is 2.47 bits per heavy atom. The zero-order valence-electron chi connectivity index (χ0n) is 10.1. The molecule has 0 saturated carbocycles. The number of benzene rings is 1. The van der Waals surface area contributed by atoms with Gasteiger partial charge >= 0.3 is 11.9 Å². The average molecular weight is 256 g/mol. The molecule has 0 atom stereocenters. The third-order valence-corrected chi connectivity index (χ3v) is 3.16. The summed E-state index contributed by atoms with van der Waals surface area (Å²) in [6.07, 6.45) is 0.421. The molecule has 1 aliphatic heterocycles. The number of nitrogens with one attached hydrogen (secondary N) is 1. The van der Waals surface area contributed by atoms with E-state index >= 15 is 0 Å². The maximum absolute atomic E-state index is 11.3. The quantitative estimate of drug-likeness (QED) is 0.659. The number of hydrogen-bond donors (Lipinski definition) is 1. The van der Waals surface area contributed by atoms with Gasteiger partial charge < -0.3 is 4.74 Å². The van der Waals surface area contributed by atoms with Gasteiger partial charge in [-0.25, -0.2) is 0 Å². The van der Waals surface area contributed by atoms with Gasteiger partial charge in [0.2, 0.25) is 0 Å². The third-order valence-electron chi connectivity index (χ3n) is 3.16. The van der Waals surface area contributed by atoms with E-state index in [2.05, 4.69) is 14.9 Å². The van der Waals surface area contributed by atoms with Crippen LogP contribution in [0.2, 0.25) is 0 Å². The summed E-state index contributed by atoms with van der Waals surface area (Å²) in [5, 5.41) is 7.13. The lowest BCUT2D eigenvalue weighted by molar-refractivity contribution is -0.164. The number of esters is 2. The molecular weight excluding hydrogens is 244 g/mol. The standard InChI is InChI=1S/C14H12N2O3/c17-13-6-10(7-14(18)19-13)12-8-11(15-16-12)9-4-2-1-3-5-9/h1-5,8,10H,6-7H2,(H,15,16). The van der Waals surface area contributed by atoms with Gasteiger partial charge in [-0.2, -0.15) is 5.10 Å². The molecule has 1 saturated heterocycles. The Hall–Kier alpha value is -2.43.